The normalized spacial score (nSPS) is 10.8. The summed E-state index contributed by atoms with van der Waals surface area (Å²) in [5, 5.41) is 16.8. The molecule has 0 saturated carbocycles. The van der Waals surface area contributed by atoms with Crippen LogP contribution in [0.2, 0.25) is 0 Å². The number of anilines is 2. The maximum atomic E-state index is 12.3. The van der Waals surface area contributed by atoms with Crippen molar-refractivity contribution in [3.05, 3.63) is 72.8 Å². The lowest BCUT2D eigenvalue weighted by atomic mass is 10.1. The van der Waals surface area contributed by atoms with E-state index in [-0.39, 0.29) is 0 Å². The van der Waals surface area contributed by atoms with E-state index in [2.05, 4.69) is 10.6 Å². The van der Waals surface area contributed by atoms with E-state index in [0.717, 1.165) is 10.8 Å². The summed E-state index contributed by atoms with van der Waals surface area (Å²) in [6.07, 6.45) is -1.10. The molecule has 1 aromatic heterocycles. The maximum absolute atomic E-state index is 12.3. The maximum Gasteiger partial charge on any atom is 0.416 e. The Bertz CT molecular complexity index is 1130. The minimum atomic E-state index is -1.10. The molecule has 0 spiro atoms. The van der Waals surface area contributed by atoms with Crippen molar-refractivity contribution < 1.29 is 14.7 Å². The number of rotatable bonds is 2. The van der Waals surface area contributed by atoms with Crippen LogP contribution in [0.4, 0.5) is 21.0 Å². The lowest BCUT2D eigenvalue weighted by molar-refractivity contribution is 0.198. The highest BCUT2D eigenvalue weighted by atomic mass is 16.4. The van der Waals surface area contributed by atoms with Crippen LogP contribution < -0.4 is 10.6 Å². The van der Waals surface area contributed by atoms with Gasteiger partial charge in [0.05, 0.1) is 16.7 Å². The summed E-state index contributed by atoms with van der Waals surface area (Å²) in [6, 6.07) is 21.2. The number of amides is 2. The van der Waals surface area contributed by atoms with Crippen molar-refractivity contribution in [2.24, 2.45) is 0 Å². The first-order chi connectivity index (χ1) is 12.6. The molecule has 0 bridgehead atoms. The predicted octanol–water partition coefficient (Wildman–Crippen LogP) is 4.96. The van der Waals surface area contributed by atoms with Gasteiger partial charge in [-0.3, -0.25) is 0 Å². The molecule has 0 unspecified atom stereocenters. The standard InChI is InChI=1S/C20H15N3O3/c24-19(21-13-7-2-1-3-8-13)22-16-11-6-10-15-14-9-4-5-12-17(14)23(18(15)16)20(25)26/h1-12H,(H,25,26)(H2,21,22,24). The Hall–Kier alpha value is -3.80. The highest BCUT2D eigenvalue weighted by Crippen LogP contribution is 2.33. The number of benzene rings is 3. The van der Waals surface area contributed by atoms with Crippen LogP contribution in [0.5, 0.6) is 0 Å². The third-order valence-corrected chi connectivity index (χ3v) is 4.17. The number of fused-ring (bicyclic) bond motifs is 3. The zero-order valence-electron chi connectivity index (χ0n) is 13.6. The summed E-state index contributed by atoms with van der Waals surface area (Å²) in [6.45, 7) is 0. The van der Waals surface area contributed by atoms with Crippen molar-refractivity contribution in [1.29, 1.82) is 0 Å². The van der Waals surface area contributed by atoms with Gasteiger partial charge in [-0.1, -0.05) is 48.5 Å². The summed E-state index contributed by atoms with van der Waals surface area (Å²) >= 11 is 0. The first-order valence-electron chi connectivity index (χ1n) is 8.03. The van der Waals surface area contributed by atoms with Gasteiger partial charge >= 0.3 is 12.1 Å². The molecule has 4 aromatic rings. The predicted molar refractivity (Wildman–Crippen MR) is 102 cm³/mol. The van der Waals surface area contributed by atoms with E-state index in [1.54, 1.807) is 36.4 Å². The number of carboxylic acid groups (broad SMARTS) is 1. The van der Waals surface area contributed by atoms with E-state index >= 15 is 0 Å². The summed E-state index contributed by atoms with van der Waals surface area (Å²) in [5.74, 6) is 0. The first kappa shape index (κ1) is 15.7. The van der Waals surface area contributed by atoms with Gasteiger partial charge in [0.15, 0.2) is 0 Å². The lowest BCUT2D eigenvalue weighted by Crippen LogP contribution is -2.20. The molecule has 26 heavy (non-hydrogen) atoms. The van der Waals surface area contributed by atoms with Crippen LogP contribution in [0, 0.1) is 0 Å². The van der Waals surface area contributed by atoms with Gasteiger partial charge in [0.2, 0.25) is 0 Å². The number of para-hydroxylation sites is 3. The van der Waals surface area contributed by atoms with Gasteiger partial charge < -0.3 is 15.7 Å². The highest BCUT2D eigenvalue weighted by Gasteiger charge is 2.18. The van der Waals surface area contributed by atoms with Crippen LogP contribution in [0.15, 0.2) is 72.8 Å². The van der Waals surface area contributed by atoms with Crippen molar-refractivity contribution >= 4 is 45.3 Å². The molecule has 6 nitrogen and oxygen atoms in total. The Morgan fingerprint density at radius 2 is 1.46 bits per heavy atom. The average molecular weight is 345 g/mol. The summed E-state index contributed by atoms with van der Waals surface area (Å²) in [4.78, 5) is 24.2. The fraction of sp³-hybridized carbons (Fsp3) is 0. The van der Waals surface area contributed by atoms with E-state index in [0.29, 0.717) is 22.4 Å². The van der Waals surface area contributed by atoms with Crippen molar-refractivity contribution in [2.75, 3.05) is 10.6 Å². The number of carbonyl (C=O) groups excluding carboxylic acids is 1. The molecule has 128 valence electrons. The smallest absolute Gasteiger partial charge is 0.416 e. The van der Waals surface area contributed by atoms with Gasteiger partial charge in [0, 0.05) is 16.5 Å². The monoisotopic (exact) mass is 345 g/mol. The molecule has 1 heterocycles. The van der Waals surface area contributed by atoms with Crippen molar-refractivity contribution in [2.45, 2.75) is 0 Å². The largest absolute Gasteiger partial charge is 0.464 e. The molecule has 2 amide bonds. The van der Waals surface area contributed by atoms with E-state index in [1.165, 1.54) is 4.57 Å². The van der Waals surface area contributed by atoms with E-state index < -0.39 is 12.1 Å². The van der Waals surface area contributed by atoms with Crippen LogP contribution in [0.3, 0.4) is 0 Å². The molecule has 3 aromatic carbocycles. The van der Waals surface area contributed by atoms with Gasteiger partial charge in [-0.25, -0.2) is 14.2 Å². The van der Waals surface area contributed by atoms with Gasteiger partial charge in [0.25, 0.3) is 0 Å². The molecule has 3 N–H and O–H groups in total. The van der Waals surface area contributed by atoms with Crippen LogP contribution >= 0.6 is 0 Å². The van der Waals surface area contributed by atoms with Crippen LogP contribution in [0.25, 0.3) is 21.8 Å². The number of nitrogens with one attached hydrogen (secondary N) is 2. The Balaban J connectivity index is 1.80. The number of hydrogen-bond acceptors (Lipinski definition) is 2. The van der Waals surface area contributed by atoms with E-state index in [1.807, 2.05) is 36.4 Å². The molecule has 0 saturated heterocycles. The van der Waals surface area contributed by atoms with Crippen LogP contribution in [-0.4, -0.2) is 21.8 Å². The van der Waals surface area contributed by atoms with Crippen LogP contribution in [0.1, 0.15) is 0 Å². The first-order valence-corrected chi connectivity index (χ1v) is 8.03. The van der Waals surface area contributed by atoms with Gasteiger partial charge in [-0.15, -0.1) is 0 Å². The second-order valence-electron chi connectivity index (χ2n) is 5.78. The van der Waals surface area contributed by atoms with Crippen molar-refractivity contribution in [3.63, 3.8) is 0 Å². The minimum absolute atomic E-state index is 0.425. The van der Waals surface area contributed by atoms with Crippen LogP contribution in [-0.2, 0) is 0 Å². The van der Waals surface area contributed by atoms with Crippen molar-refractivity contribution in [3.8, 4) is 0 Å². The zero-order chi connectivity index (χ0) is 18.1. The zero-order valence-corrected chi connectivity index (χ0v) is 13.6. The minimum Gasteiger partial charge on any atom is -0.464 e. The number of nitrogens with zero attached hydrogens (tertiary/aromatic N) is 1. The quantitative estimate of drug-likeness (QED) is 0.480. The van der Waals surface area contributed by atoms with Gasteiger partial charge in [-0.05, 0) is 24.3 Å². The summed E-state index contributed by atoms with van der Waals surface area (Å²) in [7, 11) is 0. The second kappa shape index (κ2) is 6.25. The molecule has 0 radical (unpaired) electrons. The Morgan fingerprint density at radius 3 is 2.23 bits per heavy atom. The molecular formula is C20H15N3O3. The molecule has 0 atom stereocenters. The Labute approximate surface area is 148 Å². The fourth-order valence-electron chi connectivity index (χ4n) is 3.12. The van der Waals surface area contributed by atoms with E-state index in [4.69, 9.17) is 0 Å². The molecule has 4 rings (SSSR count). The van der Waals surface area contributed by atoms with Gasteiger partial charge in [0.1, 0.15) is 0 Å². The Kier molecular flexibility index (Phi) is 3.78. The molecule has 0 aliphatic rings. The third-order valence-electron chi connectivity index (χ3n) is 4.17. The summed E-state index contributed by atoms with van der Waals surface area (Å²) in [5.41, 5.74) is 2.10. The molecular weight excluding hydrogens is 330 g/mol. The molecule has 6 heteroatoms. The molecule has 0 aliphatic carbocycles. The van der Waals surface area contributed by atoms with Gasteiger partial charge in [-0.2, -0.15) is 0 Å². The molecule has 0 fully saturated rings. The SMILES string of the molecule is O=C(Nc1ccccc1)Nc1cccc2c3ccccc3n(C(=O)O)c12. The second-order valence-corrected chi connectivity index (χ2v) is 5.78. The highest BCUT2D eigenvalue weighted by molar-refractivity contribution is 6.17. The number of aromatic nitrogens is 1. The Morgan fingerprint density at radius 1 is 0.769 bits per heavy atom. The molecule has 0 aliphatic heterocycles. The lowest BCUT2D eigenvalue weighted by Gasteiger charge is -2.10. The average Bonchev–Trinajstić information content (AvgIpc) is 2.98. The number of hydrogen-bond donors (Lipinski definition) is 3. The summed E-state index contributed by atoms with van der Waals surface area (Å²) < 4.78 is 1.20. The fourth-order valence-corrected chi connectivity index (χ4v) is 3.12. The third kappa shape index (κ3) is 2.63. The number of carbonyl (C=O) groups is 2. The number of urea groups is 1. The van der Waals surface area contributed by atoms with E-state index in [9.17, 15) is 14.7 Å². The van der Waals surface area contributed by atoms with Crippen molar-refractivity contribution in [1.82, 2.24) is 4.57 Å². The topological polar surface area (TPSA) is 83.4 Å².